The van der Waals surface area contributed by atoms with Crippen LogP contribution in [-0.2, 0) is 14.8 Å². The number of hydrogen-bond donors (Lipinski definition) is 3. The van der Waals surface area contributed by atoms with Crippen LogP contribution in [0.25, 0.3) is 0 Å². The number of halogens is 1. The summed E-state index contributed by atoms with van der Waals surface area (Å²) in [6, 6.07) is 3.64. The largest absolute Gasteiger partial charge is 0.489 e. The maximum atomic E-state index is 14.1. The number of hydrogen-bond acceptors (Lipinski definition) is 6. The lowest BCUT2D eigenvalue weighted by Gasteiger charge is -2.17. The summed E-state index contributed by atoms with van der Waals surface area (Å²) >= 11 is 0. The normalized spacial score (nSPS) is 19.9. The van der Waals surface area contributed by atoms with Crippen molar-refractivity contribution in [2.45, 2.75) is 51.1 Å². The van der Waals surface area contributed by atoms with E-state index in [1.165, 1.54) is 11.0 Å². The van der Waals surface area contributed by atoms with Crippen LogP contribution in [0.2, 0.25) is 0 Å². The number of sulfonamides is 1. The molecule has 0 aromatic heterocycles. The highest BCUT2D eigenvalue weighted by Crippen LogP contribution is 2.24. The first kappa shape index (κ1) is 24.4. The number of nitrogens with zero attached hydrogens (tertiary/aromatic N) is 1. The molecular formula is C21H31FN4O5S. The molecule has 0 radical (unpaired) electrons. The second kappa shape index (κ2) is 11.1. The van der Waals surface area contributed by atoms with E-state index in [0.29, 0.717) is 38.0 Å². The van der Waals surface area contributed by atoms with Gasteiger partial charge in [0.2, 0.25) is 15.9 Å². The number of carbonyl (C=O) groups excluding carboxylic acids is 2. The number of imide groups is 1. The van der Waals surface area contributed by atoms with Crippen molar-refractivity contribution in [3.8, 4) is 5.75 Å². The Morgan fingerprint density at radius 3 is 2.78 bits per heavy atom. The number of carbonyl (C=O) groups is 2. The second-order valence-corrected chi connectivity index (χ2v) is 10.2. The van der Waals surface area contributed by atoms with Crippen molar-refractivity contribution < 1.29 is 27.1 Å². The molecule has 9 nitrogen and oxygen atoms in total. The minimum atomic E-state index is -3.54. The van der Waals surface area contributed by atoms with E-state index in [4.69, 9.17) is 4.74 Å². The predicted molar refractivity (Wildman–Crippen MR) is 117 cm³/mol. The molecule has 178 valence electrons. The Morgan fingerprint density at radius 2 is 2.09 bits per heavy atom. The maximum absolute atomic E-state index is 14.1. The lowest BCUT2D eigenvalue weighted by atomic mass is 10.1. The summed E-state index contributed by atoms with van der Waals surface area (Å²) in [5, 5.41) is 5.49. The number of benzene rings is 1. The molecule has 3 amide bonds. The van der Waals surface area contributed by atoms with Gasteiger partial charge in [0.05, 0.1) is 5.75 Å². The summed E-state index contributed by atoms with van der Waals surface area (Å²) in [5.41, 5.74) is 0.620. The molecular weight excluding hydrogens is 439 g/mol. The van der Waals surface area contributed by atoms with Crippen molar-refractivity contribution in [2.75, 3.05) is 32.0 Å². The average molecular weight is 471 g/mol. The SMILES string of the molecule is C[C@@H](NS(=O)(=O)CCCCCN1CC(=O)NC1=O)c1ccc(F)c(OCC2CCCN2)c1. The molecule has 1 unspecified atom stereocenters. The van der Waals surface area contributed by atoms with E-state index < -0.39 is 27.9 Å². The smallest absolute Gasteiger partial charge is 0.324 e. The minimum Gasteiger partial charge on any atom is -0.489 e. The van der Waals surface area contributed by atoms with Gasteiger partial charge in [0.1, 0.15) is 13.2 Å². The van der Waals surface area contributed by atoms with Gasteiger partial charge in [0, 0.05) is 18.6 Å². The van der Waals surface area contributed by atoms with Crippen LogP contribution in [-0.4, -0.2) is 63.3 Å². The zero-order valence-corrected chi connectivity index (χ0v) is 19.0. The fourth-order valence-corrected chi connectivity index (χ4v) is 5.20. The van der Waals surface area contributed by atoms with Crippen LogP contribution < -0.4 is 20.1 Å². The van der Waals surface area contributed by atoms with Gasteiger partial charge in [-0.1, -0.05) is 12.5 Å². The molecule has 32 heavy (non-hydrogen) atoms. The van der Waals surface area contributed by atoms with Gasteiger partial charge in [-0.15, -0.1) is 0 Å². The van der Waals surface area contributed by atoms with E-state index in [1.54, 1.807) is 19.1 Å². The molecule has 1 aromatic rings. The fourth-order valence-electron chi connectivity index (χ4n) is 3.82. The third kappa shape index (κ3) is 7.14. The highest BCUT2D eigenvalue weighted by Gasteiger charge is 2.25. The topological polar surface area (TPSA) is 117 Å². The molecule has 2 atom stereocenters. The van der Waals surface area contributed by atoms with E-state index in [1.807, 2.05) is 0 Å². The summed E-state index contributed by atoms with van der Waals surface area (Å²) in [5.74, 6) is -0.734. The number of nitrogens with one attached hydrogen (secondary N) is 3. The number of urea groups is 1. The molecule has 0 bridgehead atoms. The molecule has 0 spiro atoms. The Bertz CT molecular complexity index is 921. The minimum absolute atomic E-state index is 0.0523. The second-order valence-electron chi connectivity index (χ2n) is 8.29. The first-order chi connectivity index (χ1) is 15.2. The van der Waals surface area contributed by atoms with Crippen LogP contribution >= 0.6 is 0 Å². The lowest BCUT2D eigenvalue weighted by molar-refractivity contribution is -0.118. The molecule has 2 saturated heterocycles. The van der Waals surface area contributed by atoms with Gasteiger partial charge in [-0.25, -0.2) is 22.3 Å². The first-order valence-corrected chi connectivity index (χ1v) is 12.6. The Labute approximate surface area is 188 Å². The van der Waals surface area contributed by atoms with Crippen molar-refractivity contribution in [1.82, 2.24) is 20.3 Å². The van der Waals surface area contributed by atoms with E-state index >= 15 is 0 Å². The predicted octanol–water partition coefficient (Wildman–Crippen LogP) is 1.66. The van der Waals surface area contributed by atoms with Gasteiger partial charge in [-0.05, 0) is 56.8 Å². The third-order valence-corrected chi connectivity index (χ3v) is 7.16. The van der Waals surface area contributed by atoms with Crippen molar-refractivity contribution in [2.24, 2.45) is 0 Å². The molecule has 0 aliphatic carbocycles. The van der Waals surface area contributed by atoms with Crippen LogP contribution in [0.1, 0.15) is 50.6 Å². The van der Waals surface area contributed by atoms with E-state index in [2.05, 4.69) is 15.4 Å². The van der Waals surface area contributed by atoms with Crippen LogP contribution in [0.4, 0.5) is 9.18 Å². The Morgan fingerprint density at radius 1 is 1.28 bits per heavy atom. The molecule has 2 aliphatic rings. The number of unbranched alkanes of at least 4 members (excludes halogenated alkanes) is 2. The number of rotatable bonds is 12. The molecule has 11 heteroatoms. The third-order valence-electron chi connectivity index (χ3n) is 5.62. The first-order valence-electron chi connectivity index (χ1n) is 11.0. The molecule has 0 saturated carbocycles. The van der Waals surface area contributed by atoms with Crippen LogP contribution in [0, 0.1) is 5.82 Å². The molecule has 3 N–H and O–H groups in total. The van der Waals surface area contributed by atoms with Gasteiger partial charge in [0.25, 0.3) is 0 Å². The molecule has 1 aromatic carbocycles. The Balaban J connectivity index is 1.43. The average Bonchev–Trinajstić information content (AvgIpc) is 3.35. The molecule has 3 rings (SSSR count). The van der Waals surface area contributed by atoms with Crippen molar-refractivity contribution in [1.29, 1.82) is 0 Å². The lowest BCUT2D eigenvalue weighted by Crippen LogP contribution is -2.30. The highest BCUT2D eigenvalue weighted by atomic mass is 32.2. The van der Waals surface area contributed by atoms with Crippen molar-refractivity contribution in [3.05, 3.63) is 29.6 Å². The molecule has 2 fully saturated rings. The summed E-state index contributed by atoms with van der Waals surface area (Å²) in [6.45, 7) is 3.47. The highest BCUT2D eigenvalue weighted by molar-refractivity contribution is 7.89. The van der Waals surface area contributed by atoms with Crippen molar-refractivity contribution in [3.63, 3.8) is 0 Å². The fraction of sp³-hybridized carbons (Fsp3) is 0.619. The number of ether oxygens (including phenoxy) is 1. The Kier molecular flexibility index (Phi) is 8.44. The van der Waals surface area contributed by atoms with Crippen molar-refractivity contribution >= 4 is 22.0 Å². The monoisotopic (exact) mass is 470 g/mol. The van der Waals surface area contributed by atoms with Gasteiger partial charge >= 0.3 is 6.03 Å². The van der Waals surface area contributed by atoms with E-state index in [0.717, 1.165) is 19.4 Å². The van der Waals surface area contributed by atoms with Crippen LogP contribution in [0.3, 0.4) is 0 Å². The van der Waals surface area contributed by atoms with Crippen LogP contribution in [0.15, 0.2) is 18.2 Å². The Hall–Kier alpha value is -2.24. The van der Waals surface area contributed by atoms with Gasteiger partial charge in [-0.3, -0.25) is 10.1 Å². The maximum Gasteiger partial charge on any atom is 0.324 e. The van der Waals surface area contributed by atoms with Gasteiger partial charge in [0.15, 0.2) is 11.6 Å². The van der Waals surface area contributed by atoms with E-state index in [9.17, 15) is 22.4 Å². The zero-order chi connectivity index (χ0) is 23.1. The van der Waals surface area contributed by atoms with Gasteiger partial charge in [-0.2, -0.15) is 0 Å². The van der Waals surface area contributed by atoms with E-state index in [-0.39, 0.29) is 30.0 Å². The summed E-state index contributed by atoms with van der Waals surface area (Å²) in [7, 11) is -3.54. The quantitative estimate of drug-likeness (QED) is 0.316. The van der Waals surface area contributed by atoms with Crippen LogP contribution in [0.5, 0.6) is 5.75 Å². The summed E-state index contributed by atoms with van der Waals surface area (Å²) < 4.78 is 47.2. The molecule has 2 heterocycles. The summed E-state index contributed by atoms with van der Waals surface area (Å²) in [4.78, 5) is 24.0. The number of amides is 3. The van der Waals surface area contributed by atoms with Gasteiger partial charge < -0.3 is 15.0 Å². The molecule has 2 aliphatic heterocycles. The summed E-state index contributed by atoms with van der Waals surface area (Å²) in [6.07, 6.45) is 3.71. The zero-order valence-electron chi connectivity index (χ0n) is 18.2. The standard InChI is InChI=1S/C21H31FN4O5S/c1-15(16-7-8-18(22)19(12-16)31-14-17-6-5-9-23-17)25-32(29,30)11-4-2-3-10-26-13-20(27)24-21(26)28/h7-8,12,15,17,23,25H,2-6,9-11,13-14H2,1H3,(H,24,27,28)/t15-,17?/m1/s1.